The van der Waals surface area contributed by atoms with E-state index in [1.807, 2.05) is 43.5 Å². The van der Waals surface area contributed by atoms with Crippen molar-refractivity contribution in [3.05, 3.63) is 51.2 Å². The van der Waals surface area contributed by atoms with Crippen LogP contribution in [0.4, 0.5) is 0 Å². The van der Waals surface area contributed by atoms with Crippen LogP contribution in [0, 0.1) is 6.92 Å². The zero-order valence-corrected chi connectivity index (χ0v) is 15.6. The largest absolute Gasteiger partial charge is 0.494 e. The molecule has 0 spiro atoms. The number of ether oxygens (including phenoxy) is 2. The van der Waals surface area contributed by atoms with E-state index >= 15 is 0 Å². The number of nitrogens with one attached hydrogen (secondary N) is 1. The first-order valence-corrected chi connectivity index (χ1v) is 9.40. The molecule has 1 aromatic carbocycles. The monoisotopic (exact) mass is 357 g/mol. The summed E-state index contributed by atoms with van der Waals surface area (Å²) in [5, 5.41) is 4.95. The van der Waals surface area contributed by atoms with E-state index in [2.05, 4.69) is 12.2 Å². The van der Waals surface area contributed by atoms with Gasteiger partial charge in [0.2, 0.25) is 5.91 Å². The fourth-order valence-electron chi connectivity index (χ4n) is 2.86. The number of amides is 1. The number of hydrogen-bond donors (Lipinski definition) is 1. The molecule has 2 aromatic rings. The first-order valence-electron chi connectivity index (χ1n) is 8.52. The molecule has 0 radical (unpaired) electrons. The molecule has 0 saturated heterocycles. The molecule has 5 heteroatoms. The highest BCUT2D eigenvalue weighted by Crippen LogP contribution is 2.35. The molecule has 1 aliphatic heterocycles. The number of fused-ring (bicyclic) bond motifs is 1. The third kappa shape index (κ3) is 4.23. The molecule has 25 heavy (non-hydrogen) atoms. The number of rotatable bonds is 6. The summed E-state index contributed by atoms with van der Waals surface area (Å²) in [6, 6.07) is 6.06. The van der Waals surface area contributed by atoms with Crippen LogP contribution in [-0.2, 0) is 17.8 Å². The maximum Gasteiger partial charge on any atom is 0.244 e. The van der Waals surface area contributed by atoms with Crippen molar-refractivity contribution >= 4 is 23.3 Å². The second-order valence-electron chi connectivity index (χ2n) is 6.15. The summed E-state index contributed by atoms with van der Waals surface area (Å²) in [4.78, 5) is 13.2. The van der Waals surface area contributed by atoms with E-state index < -0.39 is 0 Å². The number of thiophene rings is 1. The lowest BCUT2D eigenvalue weighted by atomic mass is 10.1. The van der Waals surface area contributed by atoms with Gasteiger partial charge in [0.15, 0.2) is 0 Å². The van der Waals surface area contributed by atoms with Crippen molar-refractivity contribution in [1.29, 1.82) is 0 Å². The predicted octanol–water partition coefficient (Wildman–Crippen LogP) is 4.11. The minimum absolute atomic E-state index is 0.120. The van der Waals surface area contributed by atoms with E-state index in [0.717, 1.165) is 28.4 Å². The van der Waals surface area contributed by atoms with E-state index in [9.17, 15) is 4.79 Å². The molecule has 0 unspecified atom stereocenters. The summed E-state index contributed by atoms with van der Waals surface area (Å²) in [5.41, 5.74) is 3.28. The standard InChI is InChI=1S/C20H23NO3S/c1-4-23-17-10-15-9-14(3)24-18(15)11-16(17)12-21-20(22)6-5-19-13(2)7-8-25-19/h5-8,10-11,14H,4,9,12H2,1-3H3,(H,21,22)/b6-5+/t14-/m1/s1. The van der Waals surface area contributed by atoms with Gasteiger partial charge in [0.25, 0.3) is 0 Å². The topological polar surface area (TPSA) is 47.6 Å². The maximum atomic E-state index is 12.1. The van der Waals surface area contributed by atoms with Crippen LogP contribution in [0.3, 0.4) is 0 Å². The number of carbonyl (C=O) groups is 1. The third-order valence-corrected chi connectivity index (χ3v) is 5.10. The van der Waals surface area contributed by atoms with Crippen molar-refractivity contribution in [2.24, 2.45) is 0 Å². The number of benzene rings is 1. The molecule has 1 N–H and O–H groups in total. The summed E-state index contributed by atoms with van der Waals surface area (Å²) in [7, 11) is 0. The van der Waals surface area contributed by atoms with Crippen molar-refractivity contribution in [3.63, 3.8) is 0 Å². The number of aryl methyl sites for hydroxylation is 1. The zero-order valence-electron chi connectivity index (χ0n) is 14.8. The Morgan fingerprint density at radius 1 is 1.48 bits per heavy atom. The van der Waals surface area contributed by atoms with Gasteiger partial charge in [-0.1, -0.05) is 0 Å². The molecule has 1 amide bonds. The Balaban J connectivity index is 1.68. The van der Waals surface area contributed by atoms with Gasteiger partial charge in [-0.15, -0.1) is 11.3 Å². The Morgan fingerprint density at radius 2 is 2.32 bits per heavy atom. The third-order valence-electron chi connectivity index (χ3n) is 4.12. The SMILES string of the molecule is CCOc1cc2c(cc1CNC(=O)/C=C/c1sccc1C)O[C@H](C)C2. The summed E-state index contributed by atoms with van der Waals surface area (Å²) in [6.45, 7) is 7.05. The molecule has 0 aliphatic carbocycles. The quantitative estimate of drug-likeness (QED) is 0.792. The van der Waals surface area contributed by atoms with Crippen molar-refractivity contribution in [2.45, 2.75) is 39.8 Å². The lowest BCUT2D eigenvalue weighted by Gasteiger charge is -2.13. The Labute approximate surface area is 152 Å². The van der Waals surface area contributed by atoms with E-state index in [-0.39, 0.29) is 12.0 Å². The Kier molecular flexibility index (Phi) is 5.43. The highest BCUT2D eigenvalue weighted by atomic mass is 32.1. The van der Waals surface area contributed by atoms with Crippen molar-refractivity contribution in [2.75, 3.05) is 6.61 Å². The van der Waals surface area contributed by atoms with Crippen LogP contribution in [0.2, 0.25) is 0 Å². The van der Waals surface area contributed by atoms with E-state index in [0.29, 0.717) is 13.2 Å². The van der Waals surface area contributed by atoms with Gasteiger partial charge in [-0.3, -0.25) is 4.79 Å². The van der Waals surface area contributed by atoms with Crippen LogP contribution in [0.5, 0.6) is 11.5 Å². The van der Waals surface area contributed by atoms with Crippen LogP contribution in [0.15, 0.2) is 29.7 Å². The highest BCUT2D eigenvalue weighted by molar-refractivity contribution is 7.11. The Morgan fingerprint density at radius 3 is 3.04 bits per heavy atom. The molecule has 0 saturated carbocycles. The van der Waals surface area contributed by atoms with Crippen LogP contribution in [0.1, 0.15) is 35.4 Å². The lowest BCUT2D eigenvalue weighted by Crippen LogP contribution is -2.20. The van der Waals surface area contributed by atoms with Gasteiger partial charge in [0.1, 0.15) is 17.6 Å². The minimum atomic E-state index is -0.120. The number of hydrogen-bond acceptors (Lipinski definition) is 4. The molecular weight excluding hydrogens is 334 g/mol. The second kappa shape index (κ2) is 7.74. The molecule has 4 nitrogen and oxygen atoms in total. The van der Waals surface area contributed by atoms with E-state index in [4.69, 9.17) is 9.47 Å². The molecule has 2 heterocycles. The molecular formula is C20H23NO3S. The first-order chi connectivity index (χ1) is 12.1. The first kappa shape index (κ1) is 17.5. The number of carbonyl (C=O) groups excluding carboxylic acids is 1. The van der Waals surface area contributed by atoms with E-state index in [1.54, 1.807) is 17.4 Å². The zero-order chi connectivity index (χ0) is 17.8. The molecule has 1 atom stereocenters. The molecule has 1 aromatic heterocycles. The normalized spacial score (nSPS) is 15.9. The fraction of sp³-hybridized carbons (Fsp3) is 0.350. The van der Waals surface area contributed by atoms with Crippen LogP contribution in [0.25, 0.3) is 6.08 Å². The summed E-state index contributed by atoms with van der Waals surface area (Å²) < 4.78 is 11.6. The summed E-state index contributed by atoms with van der Waals surface area (Å²) >= 11 is 1.63. The van der Waals surface area contributed by atoms with Crippen molar-refractivity contribution < 1.29 is 14.3 Å². The molecule has 0 bridgehead atoms. The van der Waals surface area contributed by atoms with Gasteiger partial charge in [0, 0.05) is 35.0 Å². The minimum Gasteiger partial charge on any atom is -0.494 e. The average molecular weight is 357 g/mol. The Hall–Kier alpha value is -2.27. The Bertz CT molecular complexity index is 794. The molecule has 132 valence electrons. The van der Waals surface area contributed by atoms with Gasteiger partial charge >= 0.3 is 0 Å². The smallest absolute Gasteiger partial charge is 0.244 e. The van der Waals surface area contributed by atoms with Gasteiger partial charge in [-0.2, -0.15) is 0 Å². The lowest BCUT2D eigenvalue weighted by molar-refractivity contribution is -0.116. The predicted molar refractivity (Wildman–Crippen MR) is 101 cm³/mol. The second-order valence-corrected chi connectivity index (χ2v) is 7.10. The van der Waals surface area contributed by atoms with E-state index in [1.165, 1.54) is 11.1 Å². The summed E-state index contributed by atoms with van der Waals surface area (Å²) in [5.74, 6) is 1.59. The maximum absolute atomic E-state index is 12.1. The van der Waals surface area contributed by atoms with Gasteiger partial charge in [-0.05, 0) is 56.0 Å². The van der Waals surface area contributed by atoms with Gasteiger partial charge < -0.3 is 14.8 Å². The molecule has 1 aliphatic rings. The van der Waals surface area contributed by atoms with Crippen LogP contribution >= 0.6 is 11.3 Å². The van der Waals surface area contributed by atoms with Crippen LogP contribution < -0.4 is 14.8 Å². The van der Waals surface area contributed by atoms with Gasteiger partial charge in [-0.25, -0.2) is 0 Å². The molecule has 3 rings (SSSR count). The summed E-state index contributed by atoms with van der Waals surface area (Å²) in [6.07, 6.45) is 4.51. The fourth-order valence-corrected chi connectivity index (χ4v) is 3.68. The molecule has 0 fully saturated rings. The highest BCUT2D eigenvalue weighted by Gasteiger charge is 2.21. The van der Waals surface area contributed by atoms with Gasteiger partial charge in [0.05, 0.1) is 6.61 Å². The van der Waals surface area contributed by atoms with Crippen LogP contribution in [-0.4, -0.2) is 18.6 Å². The average Bonchev–Trinajstić information content (AvgIpc) is 3.15. The van der Waals surface area contributed by atoms with Crippen molar-refractivity contribution in [3.8, 4) is 11.5 Å². The van der Waals surface area contributed by atoms with Crippen molar-refractivity contribution in [1.82, 2.24) is 5.32 Å².